The molecule has 0 aliphatic carbocycles. The van der Waals surface area contributed by atoms with Gasteiger partial charge in [-0.2, -0.15) is 0 Å². The molecule has 2 N–H and O–H groups in total. The van der Waals surface area contributed by atoms with Gasteiger partial charge in [0, 0.05) is 32.3 Å². The molecule has 1 atom stereocenters. The lowest BCUT2D eigenvalue weighted by atomic mass is 10.0. The highest BCUT2D eigenvalue weighted by Gasteiger charge is 2.14. The Morgan fingerprint density at radius 1 is 1.33 bits per heavy atom. The molecule has 108 valence electrons. The van der Waals surface area contributed by atoms with E-state index in [0.717, 1.165) is 37.8 Å². The van der Waals surface area contributed by atoms with Crippen molar-refractivity contribution < 1.29 is 4.74 Å². The summed E-state index contributed by atoms with van der Waals surface area (Å²) in [5, 5.41) is 7.34. The van der Waals surface area contributed by atoms with Crippen molar-refractivity contribution in [3.05, 3.63) is 0 Å². The van der Waals surface area contributed by atoms with Gasteiger partial charge in [-0.1, -0.05) is 13.8 Å². The SMILES string of the molecule is CCOCCCNC(=S)NC(CN(C)C)C(C)C. The summed E-state index contributed by atoms with van der Waals surface area (Å²) >= 11 is 5.30. The van der Waals surface area contributed by atoms with Crippen LogP contribution < -0.4 is 10.6 Å². The van der Waals surface area contributed by atoms with Gasteiger partial charge in [-0.15, -0.1) is 0 Å². The molecular formula is C13H29N3OS. The van der Waals surface area contributed by atoms with E-state index in [1.54, 1.807) is 0 Å². The summed E-state index contributed by atoms with van der Waals surface area (Å²) in [7, 11) is 4.16. The number of nitrogens with zero attached hydrogens (tertiary/aromatic N) is 1. The zero-order valence-electron chi connectivity index (χ0n) is 12.5. The second-order valence-electron chi connectivity index (χ2n) is 5.06. The van der Waals surface area contributed by atoms with Gasteiger partial charge in [0.25, 0.3) is 0 Å². The molecule has 0 saturated heterocycles. The van der Waals surface area contributed by atoms with E-state index in [1.165, 1.54) is 0 Å². The lowest BCUT2D eigenvalue weighted by molar-refractivity contribution is 0.145. The Morgan fingerprint density at radius 2 is 2.00 bits per heavy atom. The average Bonchev–Trinajstić information content (AvgIpc) is 2.27. The molecule has 0 bridgehead atoms. The molecule has 0 aromatic carbocycles. The van der Waals surface area contributed by atoms with Crippen molar-refractivity contribution in [3.8, 4) is 0 Å². The predicted molar refractivity (Wildman–Crippen MR) is 82.0 cm³/mol. The van der Waals surface area contributed by atoms with Crippen LogP contribution in [0.5, 0.6) is 0 Å². The number of hydrogen-bond donors (Lipinski definition) is 2. The topological polar surface area (TPSA) is 36.5 Å². The van der Waals surface area contributed by atoms with Crippen molar-refractivity contribution in [2.75, 3.05) is 40.4 Å². The number of thiocarbonyl (C=S) groups is 1. The Kier molecular flexibility index (Phi) is 10.3. The molecule has 18 heavy (non-hydrogen) atoms. The van der Waals surface area contributed by atoms with Crippen LogP contribution in [0, 0.1) is 5.92 Å². The van der Waals surface area contributed by atoms with E-state index in [0.29, 0.717) is 12.0 Å². The second kappa shape index (κ2) is 10.5. The predicted octanol–water partition coefficient (Wildman–Crippen LogP) is 1.46. The molecule has 0 aromatic rings. The lowest BCUT2D eigenvalue weighted by Crippen LogP contribution is -2.48. The van der Waals surface area contributed by atoms with Crippen molar-refractivity contribution in [1.29, 1.82) is 0 Å². The second-order valence-corrected chi connectivity index (χ2v) is 5.47. The van der Waals surface area contributed by atoms with Crippen LogP contribution in [0.25, 0.3) is 0 Å². The van der Waals surface area contributed by atoms with Crippen molar-refractivity contribution in [3.63, 3.8) is 0 Å². The van der Waals surface area contributed by atoms with Gasteiger partial charge < -0.3 is 20.3 Å². The van der Waals surface area contributed by atoms with E-state index in [9.17, 15) is 0 Å². The summed E-state index contributed by atoms with van der Waals surface area (Å²) in [6, 6.07) is 0.381. The standard InChI is InChI=1S/C13H29N3OS/c1-6-17-9-7-8-14-13(18)15-12(11(2)3)10-16(4)5/h11-12H,6-10H2,1-5H3,(H2,14,15,18). The Hall–Kier alpha value is -0.390. The lowest BCUT2D eigenvalue weighted by Gasteiger charge is -2.27. The van der Waals surface area contributed by atoms with Gasteiger partial charge in [-0.3, -0.25) is 0 Å². The molecule has 0 aliphatic rings. The Morgan fingerprint density at radius 3 is 2.50 bits per heavy atom. The van der Waals surface area contributed by atoms with Crippen molar-refractivity contribution in [2.45, 2.75) is 33.2 Å². The van der Waals surface area contributed by atoms with E-state index in [4.69, 9.17) is 17.0 Å². The third-order valence-corrected chi connectivity index (χ3v) is 2.90. The van der Waals surface area contributed by atoms with Crippen LogP contribution in [-0.2, 0) is 4.74 Å². The summed E-state index contributed by atoms with van der Waals surface area (Å²) < 4.78 is 5.28. The Labute approximate surface area is 117 Å². The molecule has 0 aromatic heterocycles. The van der Waals surface area contributed by atoms with Crippen molar-refractivity contribution >= 4 is 17.3 Å². The van der Waals surface area contributed by atoms with Gasteiger partial charge in [-0.05, 0) is 45.6 Å². The van der Waals surface area contributed by atoms with E-state index < -0.39 is 0 Å². The van der Waals surface area contributed by atoms with Gasteiger partial charge in [-0.25, -0.2) is 0 Å². The zero-order valence-corrected chi connectivity index (χ0v) is 13.3. The van der Waals surface area contributed by atoms with Gasteiger partial charge in [0.1, 0.15) is 0 Å². The number of rotatable bonds is 9. The first-order valence-electron chi connectivity index (χ1n) is 6.74. The first-order chi connectivity index (χ1) is 8.47. The number of hydrogen-bond acceptors (Lipinski definition) is 3. The maximum Gasteiger partial charge on any atom is 0.166 e. The summed E-state index contributed by atoms with van der Waals surface area (Å²) in [5.74, 6) is 0.551. The molecule has 0 spiro atoms. The highest BCUT2D eigenvalue weighted by Crippen LogP contribution is 2.02. The molecule has 4 nitrogen and oxygen atoms in total. The minimum absolute atomic E-state index is 0.381. The van der Waals surface area contributed by atoms with Crippen molar-refractivity contribution in [1.82, 2.24) is 15.5 Å². The number of ether oxygens (including phenoxy) is 1. The third-order valence-electron chi connectivity index (χ3n) is 2.64. The largest absolute Gasteiger partial charge is 0.382 e. The monoisotopic (exact) mass is 275 g/mol. The smallest absolute Gasteiger partial charge is 0.166 e. The van der Waals surface area contributed by atoms with Gasteiger partial charge in [0.2, 0.25) is 0 Å². The molecule has 0 amide bonds. The van der Waals surface area contributed by atoms with Gasteiger partial charge in [0.15, 0.2) is 5.11 Å². The Balaban J connectivity index is 3.81. The quantitative estimate of drug-likeness (QED) is 0.492. The first kappa shape index (κ1) is 17.6. The van der Waals surface area contributed by atoms with Crippen LogP contribution in [-0.4, -0.2) is 56.5 Å². The summed E-state index contributed by atoms with van der Waals surface area (Å²) in [5.41, 5.74) is 0. The molecule has 0 rings (SSSR count). The van der Waals surface area contributed by atoms with E-state index in [2.05, 4.69) is 43.5 Å². The van der Waals surface area contributed by atoms with Gasteiger partial charge >= 0.3 is 0 Å². The molecule has 5 heteroatoms. The van der Waals surface area contributed by atoms with Crippen LogP contribution in [0.15, 0.2) is 0 Å². The van der Waals surface area contributed by atoms with Crippen LogP contribution in [0.2, 0.25) is 0 Å². The molecule has 1 unspecified atom stereocenters. The average molecular weight is 275 g/mol. The molecule has 0 aliphatic heterocycles. The van der Waals surface area contributed by atoms with Gasteiger partial charge in [0.05, 0.1) is 0 Å². The molecular weight excluding hydrogens is 246 g/mol. The fourth-order valence-corrected chi connectivity index (χ4v) is 1.81. The fourth-order valence-electron chi connectivity index (χ4n) is 1.56. The fraction of sp³-hybridized carbons (Fsp3) is 0.923. The van der Waals surface area contributed by atoms with E-state index in [-0.39, 0.29) is 0 Å². The van der Waals surface area contributed by atoms with Crippen LogP contribution in [0.3, 0.4) is 0 Å². The minimum atomic E-state index is 0.381. The maximum atomic E-state index is 5.30. The van der Waals surface area contributed by atoms with Crippen LogP contribution in [0.4, 0.5) is 0 Å². The highest BCUT2D eigenvalue weighted by atomic mass is 32.1. The molecule has 0 fully saturated rings. The Bertz CT molecular complexity index is 222. The molecule has 0 radical (unpaired) electrons. The molecule has 0 heterocycles. The van der Waals surface area contributed by atoms with E-state index in [1.807, 2.05) is 6.92 Å². The number of nitrogens with one attached hydrogen (secondary N) is 2. The first-order valence-corrected chi connectivity index (χ1v) is 7.15. The molecule has 0 saturated carbocycles. The van der Waals surface area contributed by atoms with Crippen LogP contribution in [0.1, 0.15) is 27.2 Å². The van der Waals surface area contributed by atoms with E-state index >= 15 is 0 Å². The number of likely N-dealkylation sites (N-methyl/N-ethyl adjacent to an activating group) is 1. The zero-order chi connectivity index (χ0) is 14.0. The summed E-state index contributed by atoms with van der Waals surface area (Å²) in [6.07, 6.45) is 0.982. The summed E-state index contributed by atoms with van der Waals surface area (Å²) in [6.45, 7) is 9.83. The van der Waals surface area contributed by atoms with Crippen molar-refractivity contribution in [2.24, 2.45) is 5.92 Å². The minimum Gasteiger partial charge on any atom is -0.382 e. The summed E-state index contributed by atoms with van der Waals surface area (Å²) in [4.78, 5) is 2.18. The highest BCUT2D eigenvalue weighted by molar-refractivity contribution is 7.80. The maximum absolute atomic E-state index is 5.30. The normalized spacial score (nSPS) is 12.8. The third kappa shape index (κ3) is 9.62. The van der Waals surface area contributed by atoms with Crippen LogP contribution >= 0.6 is 12.2 Å².